The molecule has 7 nitrogen and oxygen atoms in total. The van der Waals surface area contributed by atoms with Gasteiger partial charge in [-0.05, 0) is 59.7 Å². The molecular weight excluding hydrogens is 512 g/mol. The number of nitrogens with zero attached hydrogens (tertiary/aromatic N) is 3. The van der Waals surface area contributed by atoms with Crippen molar-refractivity contribution in [2.45, 2.75) is 52.6 Å². The molecule has 2 N–H and O–H groups in total. The number of aromatic carboxylic acids is 1. The van der Waals surface area contributed by atoms with E-state index >= 15 is 0 Å². The summed E-state index contributed by atoms with van der Waals surface area (Å²) in [5.41, 5.74) is 5.89. The zero-order chi connectivity index (χ0) is 28.8. The number of unbranched alkanes of at least 4 members (excludes halogenated alkanes) is 1. The van der Waals surface area contributed by atoms with Crippen molar-refractivity contribution in [1.82, 2.24) is 14.3 Å². The van der Waals surface area contributed by atoms with Crippen LogP contribution in [0.3, 0.4) is 0 Å². The monoisotopic (exact) mass is 548 g/mol. The molecule has 1 amide bonds. The lowest BCUT2D eigenvalue weighted by Crippen LogP contribution is -2.22. The largest absolute Gasteiger partial charge is 0.478 e. The summed E-state index contributed by atoms with van der Waals surface area (Å²) in [5.74, 6) is -0.794. The minimum Gasteiger partial charge on any atom is -0.478 e. The molecule has 0 spiro atoms. The Hall–Kier alpha value is -4.65. The van der Waals surface area contributed by atoms with E-state index in [-0.39, 0.29) is 17.4 Å². The van der Waals surface area contributed by atoms with Gasteiger partial charge < -0.3 is 15.0 Å². The van der Waals surface area contributed by atoms with E-state index in [1.807, 2.05) is 30.5 Å². The molecule has 0 saturated heterocycles. The van der Waals surface area contributed by atoms with Crippen LogP contribution >= 0.6 is 0 Å². The molecule has 0 aliphatic heterocycles. The highest BCUT2D eigenvalue weighted by Gasteiger charge is 2.16. The Morgan fingerprint density at radius 3 is 2.49 bits per heavy atom. The number of carbonyl (C=O) groups is 2. The van der Waals surface area contributed by atoms with E-state index in [1.54, 1.807) is 16.8 Å². The van der Waals surface area contributed by atoms with Crippen LogP contribution in [0.2, 0.25) is 0 Å². The molecule has 3 aromatic carbocycles. The second kappa shape index (κ2) is 12.7. The summed E-state index contributed by atoms with van der Waals surface area (Å²) < 4.78 is 3.96. The molecule has 7 heteroatoms. The molecule has 0 fully saturated rings. The van der Waals surface area contributed by atoms with Crippen LogP contribution in [0.5, 0.6) is 0 Å². The lowest BCUT2D eigenvalue weighted by molar-refractivity contribution is -0.120. The summed E-state index contributed by atoms with van der Waals surface area (Å²) >= 11 is 0. The first kappa shape index (κ1) is 27.9. The van der Waals surface area contributed by atoms with Gasteiger partial charge in [0.2, 0.25) is 5.91 Å². The van der Waals surface area contributed by atoms with Gasteiger partial charge in [0.15, 0.2) is 0 Å². The van der Waals surface area contributed by atoms with Crippen LogP contribution in [-0.2, 0) is 17.9 Å². The van der Waals surface area contributed by atoms with Crippen LogP contribution in [0, 0.1) is 5.92 Å². The fourth-order valence-corrected chi connectivity index (χ4v) is 5.24. The maximum atomic E-state index is 12.8. The summed E-state index contributed by atoms with van der Waals surface area (Å²) in [5, 5.41) is 18.4. The molecule has 210 valence electrons. The lowest BCUT2D eigenvalue weighted by Gasteiger charge is -2.15. The SMILES string of the molecule is CCCCC(CC)C(=O)Nc1ccc2ccn(Cc3ccc(-c4ccn(Cc5ccccc5C(=O)O)n4)cc3)c2c1. The van der Waals surface area contributed by atoms with Crippen LogP contribution in [0.15, 0.2) is 91.3 Å². The van der Waals surface area contributed by atoms with Crippen molar-refractivity contribution in [3.63, 3.8) is 0 Å². The molecule has 0 bridgehead atoms. The lowest BCUT2D eigenvalue weighted by atomic mass is 9.98. The molecule has 1 atom stereocenters. The minimum absolute atomic E-state index is 0.0443. The summed E-state index contributed by atoms with van der Waals surface area (Å²) in [4.78, 5) is 24.4. The Labute approximate surface area is 240 Å². The highest BCUT2D eigenvalue weighted by Crippen LogP contribution is 2.24. The van der Waals surface area contributed by atoms with Gasteiger partial charge in [0.1, 0.15) is 0 Å². The van der Waals surface area contributed by atoms with Crippen LogP contribution < -0.4 is 5.32 Å². The van der Waals surface area contributed by atoms with E-state index < -0.39 is 5.97 Å². The van der Waals surface area contributed by atoms with Crippen LogP contribution in [0.25, 0.3) is 22.2 Å². The van der Waals surface area contributed by atoms with Crippen molar-refractivity contribution in [1.29, 1.82) is 0 Å². The number of hydrogen-bond donors (Lipinski definition) is 2. The van der Waals surface area contributed by atoms with Crippen LogP contribution in [-0.4, -0.2) is 31.3 Å². The van der Waals surface area contributed by atoms with E-state index in [1.165, 1.54) is 0 Å². The standard InChI is InChI=1S/C34H36N4O3/c1-3-5-8-25(4-2)33(39)35-29-16-15-27-17-19-37(32(27)21-29)22-24-11-13-26(14-12-24)31-18-20-38(36-31)23-28-9-6-7-10-30(28)34(40)41/h6-7,9-21,25H,3-5,8,22-23H2,1-2H3,(H,35,39)(H,40,41). The number of carbonyl (C=O) groups excluding carboxylic acids is 1. The molecule has 0 radical (unpaired) electrons. The third-order valence-electron chi connectivity index (χ3n) is 7.63. The highest BCUT2D eigenvalue weighted by atomic mass is 16.4. The van der Waals surface area contributed by atoms with E-state index in [0.29, 0.717) is 18.7 Å². The number of aromatic nitrogens is 3. The molecule has 2 aromatic heterocycles. The van der Waals surface area contributed by atoms with Gasteiger partial charge in [-0.3, -0.25) is 9.48 Å². The second-order valence-electron chi connectivity index (χ2n) is 10.5. The summed E-state index contributed by atoms with van der Waals surface area (Å²) in [6.45, 7) is 5.32. The Morgan fingerprint density at radius 2 is 1.73 bits per heavy atom. The van der Waals surface area contributed by atoms with Gasteiger partial charge in [0.05, 0.1) is 23.3 Å². The molecule has 1 unspecified atom stereocenters. The first-order chi connectivity index (χ1) is 19.9. The quantitative estimate of drug-likeness (QED) is 0.169. The van der Waals surface area contributed by atoms with Gasteiger partial charge in [-0.25, -0.2) is 4.79 Å². The zero-order valence-corrected chi connectivity index (χ0v) is 23.6. The Balaban J connectivity index is 1.27. The zero-order valence-electron chi connectivity index (χ0n) is 23.6. The molecule has 2 heterocycles. The summed E-state index contributed by atoms with van der Waals surface area (Å²) in [6.07, 6.45) is 7.88. The number of amides is 1. The van der Waals surface area contributed by atoms with Gasteiger partial charge in [-0.2, -0.15) is 5.10 Å². The number of carboxylic acid groups (broad SMARTS) is 1. The molecule has 0 aliphatic rings. The van der Waals surface area contributed by atoms with Crippen molar-refractivity contribution in [2.75, 3.05) is 5.32 Å². The second-order valence-corrected chi connectivity index (χ2v) is 10.5. The van der Waals surface area contributed by atoms with Crippen LogP contribution in [0.4, 0.5) is 5.69 Å². The number of benzene rings is 3. The average molecular weight is 549 g/mol. The van der Waals surface area contributed by atoms with E-state index in [4.69, 9.17) is 0 Å². The number of fused-ring (bicyclic) bond motifs is 1. The smallest absolute Gasteiger partial charge is 0.336 e. The minimum atomic E-state index is -0.937. The highest BCUT2D eigenvalue weighted by molar-refractivity contribution is 5.95. The summed E-state index contributed by atoms with van der Waals surface area (Å²) in [6, 6.07) is 25.5. The fourth-order valence-electron chi connectivity index (χ4n) is 5.24. The molecule has 5 aromatic rings. The number of hydrogen-bond acceptors (Lipinski definition) is 3. The molecule has 5 rings (SSSR count). The number of nitrogens with one attached hydrogen (secondary N) is 1. The van der Waals surface area contributed by atoms with Crippen molar-refractivity contribution < 1.29 is 14.7 Å². The normalized spacial score (nSPS) is 12.0. The van der Waals surface area contributed by atoms with Gasteiger partial charge in [0.25, 0.3) is 0 Å². The number of rotatable bonds is 12. The molecule has 0 aliphatic carbocycles. The molecular formula is C34H36N4O3. The third-order valence-corrected chi connectivity index (χ3v) is 7.63. The van der Waals surface area contributed by atoms with E-state index in [0.717, 1.165) is 59.1 Å². The maximum absolute atomic E-state index is 12.8. The predicted molar refractivity (Wildman–Crippen MR) is 163 cm³/mol. The number of anilines is 1. The Morgan fingerprint density at radius 1 is 0.927 bits per heavy atom. The van der Waals surface area contributed by atoms with Gasteiger partial charge >= 0.3 is 5.97 Å². The maximum Gasteiger partial charge on any atom is 0.336 e. The van der Waals surface area contributed by atoms with E-state index in [2.05, 4.69) is 77.5 Å². The first-order valence-corrected chi connectivity index (χ1v) is 14.3. The molecule has 41 heavy (non-hydrogen) atoms. The molecule has 0 saturated carbocycles. The van der Waals surface area contributed by atoms with Gasteiger partial charge in [-0.1, -0.05) is 75.2 Å². The first-order valence-electron chi connectivity index (χ1n) is 14.3. The topological polar surface area (TPSA) is 89.2 Å². The van der Waals surface area contributed by atoms with Crippen molar-refractivity contribution in [2.24, 2.45) is 5.92 Å². The van der Waals surface area contributed by atoms with Crippen molar-refractivity contribution >= 4 is 28.5 Å². The van der Waals surface area contributed by atoms with Crippen LogP contribution in [0.1, 0.15) is 61.0 Å². The third kappa shape index (κ3) is 6.57. The number of carboxylic acids is 1. The summed E-state index contributed by atoms with van der Waals surface area (Å²) in [7, 11) is 0. The fraction of sp³-hybridized carbons (Fsp3) is 0.265. The Kier molecular flexibility index (Phi) is 8.63. The van der Waals surface area contributed by atoms with Crippen molar-refractivity contribution in [3.05, 3.63) is 108 Å². The van der Waals surface area contributed by atoms with Crippen molar-refractivity contribution in [3.8, 4) is 11.3 Å². The van der Waals surface area contributed by atoms with Gasteiger partial charge in [0, 0.05) is 36.1 Å². The average Bonchev–Trinajstić information content (AvgIpc) is 3.61. The predicted octanol–water partition coefficient (Wildman–Crippen LogP) is 7.45. The Bertz CT molecular complexity index is 1650. The van der Waals surface area contributed by atoms with Gasteiger partial charge in [-0.15, -0.1) is 0 Å². The van der Waals surface area contributed by atoms with E-state index in [9.17, 15) is 14.7 Å².